The predicted molar refractivity (Wildman–Crippen MR) is 60.0 cm³/mol. The number of ketones is 1. The topological polar surface area (TPSA) is 53.8 Å². The maximum absolute atomic E-state index is 10.8. The maximum Gasteiger partial charge on any atom is 0.140 e. The predicted octanol–water partition coefficient (Wildman–Crippen LogP) is 2.42. The number of hydrogen-bond donors (Lipinski definition) is 0. The number of carbonyl (C=O) groups excluding carboxylic acids is 1. The van der Waals surface area contributed by atoms with E-state index in [1.807, 2.05) is 6.26 Å². The Kier molecular flexibility index (Phi) is 4.45. The Morgan fingerprint density at radius 1 is 1.71 bits per heavy atom. The van der Waals surface area contributed by atoms with Gasteiger partial charge in [-0.15, -0.1) is 23.5 Å². The van der Waals surface area contributed by atoms with Gasteiger partial charge in [-0.3, -0.25) is 4.79 Å². The van der Waals surface area contributed by atoms with E-state index in [1.54, 1.807) is 0 Å². The average molecular weight is 244 g/mol. The summed E-state index contributed by atoms with van der Waals surface area (Å²) in [7, 11) is 0. The largest absolute Gasteiger partial charge is 0.299 e. The number of nitriles is 1. The number of rotatable bonds is 4. The lowest BCUT2D eigenvalue weighted by molar-refractivity contribution is -0.114. The molecule has 1 aromatic rings. The number of thioether (sulfide) groups is 2. The van der Waals surface area contributed by atoms with Crippen molar-refractivity contribution < 1.29 is 4.79 Å². The normalized spacial score (nSPS) is 9.79. The van der Waals surface area contributed by atoms with Crippen LogP contribution < -0.4 is 0 Å². The first-order valence-electron chi connectivity index (χ1n) is 3.75. The van der Waals surface area contributed by atoms with Crippen LogP contribution in [-0.2, 0) is 4.79 Å². The fraction of sp³-hybridized carbons (Fsp3) is 0.375. The Balaban J connectivity index is 2.82. The minimum absolute atomic E-state index is 0.109. The zero-order chi connectivity index (χ0) is 10.6. The van der Waals surface area contributed by atoms with E-state index >= 15 is 0 Å². The Bertz CT molecular complexity index is 380. The van der Waals surface area contributed by atoms with E-state index in [0.29, 0.717) is 11.3 Å². The summed E-state index contributed by atoms with van der Waals surface area (Å²) in [6.07, 6.45) is 1.88. The fourth-order valence-corrected chi connectivity index (χ4v) is 3.26. The highest BCUT2D eigenvalue weighted by molar-refractivity contribution is 8.02. The summed E-state index contributed by atoms with van der Waals surface area (Å²) >= 11 is 4.12. The second kappa shape index (κ2) is 5.39. The molecule has 0 amide bonds. The Labute approximate surface area is 95.1 Å². The quantitative estimate of drug-likeness (QED) is 0.761. The van der Waals surface area contributed by atoms with E-state index in [2.05, 4.69) is 10.4 Å². The van der Waals surface area contributed by atoms with Crippen molar-refractivity contribution in [3.63, 3.8) is 0 Å². The molecule has 0 bridgehead atoms. The molecule has 0 N–H and O–H groups in total. The van der Waals surface area contributed by atoms with Gasteiger partial charge in [0.2, 0.25) is 0 Å². The van der Waals surface area contributed by atoms with Crippen LogP contribution >= 0.6 is 35.1 Å². The standard InChI is InChI=1S/C8H8N2OS3/c1-5(11)4-13-8-6(3-9)7(12-2)10-14-8/h4H2,1-2H3. The molecule has 0 aliphatic rings. The van der Waals surface area contributed by atoms with Crippen molar-refractivity contribution in [3.8, 4) is 6.07 Å². The zero-order valence-electron chi connectivity index (χ0n) is 7.73. The molecule has 74 valence electrons. The van der Waals surface area contributed by atoms with Gasteiger partial charge in [0.05, 0.1) is 5.75 Å². The van der Waals surface area contributed by atoms with Crippen molar-refractivity contribution in [2.24, 2.45) is 0 Å². The molecule has 0 spiro atoms. The van der Waals surface area contributed by atoms with Crippen molar-refractivity contribution in [1.82, 2.24) is 4.37 Å². The Hall–Kier alpha value is -0.510. The summed E-state index contributed by atoms with van der Waals surface area (Å²) in [6.45, 7) is 1.54. The zero-order valence-corrected chi connectivity index (χ0v) is 10.2. The monoisotopic (exact) mass is 244 g/mol. The summed E-state index contributed by atoms with van der Waals surface area (Å²) < 4.78 is 4.97. The summed E-state index contributed by atoms with van der Waals surface area (Å²) in [5.41, 5.74) is 0.605. The molecule has 1 rings (SSSR count). The number of aromatic nitrogens is 1. The lowest BCUT2D eigenvalue weighted by Crippen LogP contribution is -1.92. The second-order valence-electron chi connectivity index (χ2n) is 2.46. The van der Waals surface area contributed by atoms with Crippen molar-refractivity contribution in [2.45, 2.75) is 16.2 Å². The van der Waals surface area contributed by atoms with Crippen LogP contribution in [0, 0.1) is 11.3 Å². The third-order valence-corrected chi connectivity index (χ3v) is 4.38. The van der Waals surface area contributed by atoms with Gasteiger partial charge in [-0.25, -0.2) is 0 Å². The molecule has 0 unspecified atom stereocenters. The van der Waals surface area contributed by atoms with Gasteiger partial charge in [0.15, 0.2) is 0 Å². The molecule has 1 aromatic heterocycles. The maximum atomic E-state index is 10.8. The summed E-state index contributed by atoms with van der Waals surface area (Å²) in [4.78, 5) is 10.8. The van der Waals surface area contributed by atoms with Gasteiger partial charge in [0.25, 0.3) is 0 Å². The summed E-state index contributed by atoms with van der Waals surface area (Å²) in [6, 6.07) is 2.11. The van der Waals surface area contributed by atoms with Crippen molar-refractivity contribution in [1.29, 1.82) is 5.26 Å². The smallest absolute Gasteiger partial charge is 0.140 e. The van der Waals surface area contributed by atoms with Crippen LogP contribution in [0.1, 0.15) is 12.5 Å². The van der Waals surface area contributed by atoms with Crippen molar-refractivity contribution >= 4 is 40.8 Å². The summed E-state index contributed by atoms with van der Waals surface area (Å²) in [5.74, 6) is 0.517. The minimum atomic E-state index is 0.109. The second-order valence-corrected chi connectivity index (χ2v) is 5.27. The van der Waals surface area contributed by atoms with Crippen LogP contribution in [0.3, 0.4) is 0 Å². The molecular formula is C8H8N2OS3. The Morgan fingerprint density at radius 3 is 2.93 bits per heavy atom. The van der Waals surface area contributed by atoms with Gasteiger partial charge in [-0.2, -0.15) is 9.64 Å². The molecule has 0 aliphatic carbocycles. The van der Waals surface area contributed by atoms with Crippen molar-refractivity contribution in [2.75, 3.05) is 12.0 Å². The number of Topliss-reactive ketones (excluding diaryl/α,β-unsaturated/α-hetero) is 1. The van der Waals surface area contributed by atoms with Crippen LogP contribution in [0.5, 0.6) is 0 Å². The Morgan fingerprint density at radius 2 is 2.43 bits per heavy atom. The molecule has 0 saturated heterocycles. The minimum Gasteiger partial charge on any atom is -0.299 e. The van der Waals surface area contributed by atoms with Gasteiger partial charge in [0.1, 0.15) is 26.7 Å². The molecule has 0 aromatic carbocycles. The molecule has 1 heterocycles. The van der Waals surface area contributed by atoms with E-state index in [4.69, 9.17) is 5.26 Å². The van der Waals surface area contributed by atoms with E-state index in [-0.39, 0.29) is 5.78 Å². The van der Waals surface area contributed by atoms with E-state index in [1.165, 1.54) is 42.0 Å². The van der Waals surface area contributed by atoms with Gasteiger partial charge in [0, 0.05) is 0 Å². The SMILES string of the molecule is CSc1nsc(SCC(C)=O)c1C#N. The van der Waals surface area contributed by atoms with Crippen molar-refractivity contribution in [3.05, 3.63) is 5.56 Å². The molecule has 3 nitrogen and oxygen atoms in total. The van der Waals surface area contributed by atoms with Gasteiger partial charge in [-0.1, -0.05) is 0 Å². The summed E-state index contributed by atoms with van der Waals surface area (Å²) in [5, 5.41) is 9.64. The fourth-order valence-electron chi connectivity index (χ4n) is 0.760. The highest BCUT2D eigenvalue weighted by atomic mass is 32.2. The highest BCUT2D eigenvalue weighted by Crippen LogP contribution is 2.33. The van der Waals surface area contributed by atoms with Gasteiger partial charge >= 0.3 is 0 Å². The first-order valence-corrected chi connectivity index (χ1v) is 6.73. The van der Waals surface area contributed by atoms with Crippen LogP contribution in [0.4, 0.5) is 0 Å². The molecule has 0 fully saturated rings. The highest BCUT2D eigenvalue weighted by Gasteiger charge is 2.13. The first kappa shape index (κ1) is 11.6. The average Bonchev–Trinajstić information content (AvgIpc) is 2.56. The molecule has 0 radical (unpaired) electrons. The van der Waals surface area contributed by atoms with E-state index in [0.717, 1.165) is 9.24 Å². The molecular weight excluding hydrogens is 236 g/mol. The third kappa shape index (κ3) is 2.74. The number of hydrogen-bond acceptors (Lipinski definition) is 6. The van der Waals surface area contributed by atoms with Gasteiger partial charge < -0.3 is 0 Å². The van der Waals surface area contributed by atoms with E-state index < -0.39 is 0 Å². The van der Waals surface area contributed by atoms with E-state index in [9.17, 15) is 4.79 Å². The molecule has 0 aliphatic heterocycles. The lowest BCUT2D eigenvalue weighted by atomic mass is 10.4. The van der Waals surface area contributed by atoms with Gasteiger partial charge in [-0.05, 0) is 24.7 Å². The lowest BCUT2D eigenvalue weighted by Gasteiger charge is -1.93. The van der Waals surface area contributed by atoms with Crippen LogP contribution in [-0.4, -0.2) is 22.2 Å². The molecule has 0 atom stereocenters. The number of carbonyl (C=O) groups is 1. The molecule has 14 heavy (non-hydrogen) atoms. The number of nitrogens with zero attached hydrogens (tertiary/aromatic N) is 2. The van der Waals surface area contributed by atoms with Crippen LogP contribution in [0.15, 0.2) is 9.24 Å². The molecule has 0 saturated carbocycles. The first-order chi connectivity index (χ1) is 6.69. The molecule has 6 heteroatoms. The van der Waals surface area contributed by atoms with Crippen LogP contribution in [0.2, 0.25) is 0 Å². The third-order valence-electron chi connectivity index (χ3n) is 1.34. The van der Waals surface area contributed by atoms with Crippen LogP contribution in [0.25, 0.3) is 0 Å².